The van der Waals surface area contributed by atoms with Crippen molar-refractivity contribution in [2.24, 2.45) is 5.41 Å². The van der Waals surface area contributed by atoms with Gasteiger partial charge < -0.3 is 9.64 Å². The van der Waals surface area contributed by atoms with Gasteiger partial charge in [-0.25, -0.2) is 0 Å². The summed E-state index contributed by atoms with van der Waals surface area (Å²) in [4.78, 5) is 15.0. The van der Waals surface area contributed by atoms with E-state index in [2.05, 4.69) is 48.6 Å². The van der Waals surface area contributed by atoms with Gasteiger partial charge in [-0.3, -0.25) is 4.79 Å². The normalized spacial score (nSPS) is 17.1. The Balaban J connectivity index is 2.29. The number of hydrogen-bond donors (Lipinski definition) is 0. The van der Waals surface area contributed by atoms with E-state index < -0.39 is 0 Å². The lowest BCUT2D eigenvalue weighted by atomic mass is 9.78. The van der Waals surface area contributed by atoms with E-state index in [1.807, 2.05) is 11.0 Å². The van der Waals surface area contributed by atoms with Gasteiger partial charge in [0.15, 0.2) is 0 Å². The van der Waals surface area contributed by atoms with E-state index >= 15 is 0 Å². The molecule has 1 aromatic rings. The average molecular weight is 415 g/mol. The number of amides is 1. The first-order valence-electron chi connectivity index (χ1n) is 8.16. The molecule has 1 aromatic carbocycles. The lowest BCUT2D eigenvalue weighted by Crippen LogP contribution is -2.34. The minimum Gasteiger partial charge on any atom is -0.496 e. The Morgan fingerprint density at radius 1 is 1.27 bits per heavy atom. The van der Waals surface area contributed by atoms with Crippen molar-refractivity contribution in [3.8, 4) is 5.75 Å². The first-order chi connectivity index (χ1) is 10.6. The summed E-state index contributed by atoms with van der Waals surface area (Å²) in [6.07, 6.45) is 5.11. The fourth-order valence-electron chi connectivity index (χ4n) is 3.62. The number of benzene rings is 1. The number of ether oxygens (including phenoxy) is 1. The minimum atomic E-state index is -0.140. The molecule has 0 spiro atoms. The van der Waals surface area contributed by atoms with Gasteiger partial charge in [-0.2, -0.15) is 0 Å². The summed E-state index contributed by atoms with van der Waals surface area (Å²) in [7, 11) is 1.69. The Morgan fingerprint density at radius 2 is 1.95 bits per heavy atom. The molecule has 1 heterocycles. The molecule has 1 fully saturated rings. The van der Waals surface area contributed by atoms with Crippen LogP contribution in [0, 0.1) is 5.41 Å². The van der Waals surface area contributed by atoms with Crippen molar-refractivity contribution in [3.63, 3.8) is 0 Å². The quantitative estimate of drug-likeness (QED) is 0.466. The third-order valence-electron chi connectivity index (χ3n) is 4.70. The molecule has 0 atom stereocenters. The maximum absolute atomic E-state index is 13.0. The van der Waals surface area contributed by atoms with Gasteiger partial charge >= 0.3 is 0 Å². The molecular formula is C18H26INO2. The van der Waals surface area contributed by atoms with Crippen molar-refractivity contribution in [1.29, 1.82) is 0 Å². The second-order valence-electron chi connectivity index (χ2n) is 6.12. The van der Waals surface area contributed by atoms with Crippen LogP contribution in [0.4, 0.5) is 5.69 Å². The van der Waals surface area contributed by atoms with Gasteiger partial charge in [0.1, 0.15) is 5.75 Å². The summed E-state index contributed by atoms with van der Waals surface area (Å²) in [5.41, 5.74) is 2.01. The molecule has 0 unspecified atom stereocenters. The number of alkyl halides is 1. The number of halogens is 1. The first kappa shape index (κ1) is 17.6. The van der Waals surface area contributed by atoms with Gasteiger partial charge in [0.25, 0.3) is 0 Å². The van der Waals surface area contributed by atoms with E-state index in [1.54, 1.807) is 7.11 Å². The molecule has 0 aromatic heterocycles. The van der Waals surface area contributed by atoms with Crippen LogP contribution in [0.2, 0.25) is 0 Å². The molecule has 0 radical (unpaired) electrons. The molecule has 0 N–H and O–H groups in total. The smallest absolute Gasteiger partial charge is 0.233 e. The molecule has 0 bridgehead atoms. The van der Waals surface area contributed by atoms with Gasteiger partial charge in [0.05, 0.1) is 12.5 Å². The molecule has 1 aliphatic heterocycles. The van der Waals surface area contributed by atoms with E-state index in [9.17, 15) is 4.79 Å². The zero-order chi connectivity index (χ0) is 16.2. The maximum atomic E-state index is 13.0. The van der Waals surface area contributed by atoms with Crippen LogP contribution < -0.4 is 9.64 Å². The molecule has 0 saturated carbocycles. The molecule has 3 nitrogen and oxygen atoms in total. The van der Waals surface area contributed by atoms with E-state index in [-0.39, 0.29) is 5.41 Å². The van der Waals surface area contributed by atoms with Crippen LogP contribution in [0.3, 0.4) is 0 Å². The van der Waals surface area contributed by atoms with Crippen LogP contribution in [0.5, 0.6) is 5.75 Å². The number of rotatable bonds is 7. The Kier molecular flexibility index (Phi) is 6.12. The molecule has 2 rings (SSSR count). The van der Waals surface area contributed by atoms with E-state index in [0.717, 1.165) is 54.5 Å². The van der Waals surface area contributed by atoms with Gasteiger partial charge in [0, 0.05) is 28.3 Å². The predicted molar refractivity (Wildman–Crippen MR) is 99.9 cm³/mol. The zero-order valence-electron chi connectivity index (χ0n) is 13.8. The molecule has 1 saturated heterocycles. The summed E-state index contributed by atoms with van der Waals surface area (Å²) in [5, 5.41) is 0. The summed E-state index contributed by atoms with van der Waals surface area (Å²) < 4.78 is 6.38. The van der Waals surface area contributed by atoms with Crippen molar-refractivity contribution in [2.75, 3.05) is 18.6 Å². The fourth-order valence-corrected chi connectivity index (χ4v) is 4.25. The van der Waals surface area contributed by atoms with Gasteiger partial charge in [-0.1, -0.05) is 55.3 Å². The molecule has 1 amide bonds. The number of hydrogen-bond acceptors (Lipinski definition) is 2. The molecule has 1 aliphatic rings. The first-order valence-corrected chi connectivity index (χ1v) is 9.69. The highest BCUT2D eigenvalue weighted by atomic mass is 127. The van der Waals surface area contributed by atoms with Crippen molar-refractivity contribution in [1.82, 2.24) is 0 Å². The average Bonchev–Trinajstić information content (AvgIpc) is 2.84. The monoisotopic (exact) mass is 415 g/mol. The van der Waals surface area contributed by atoms with Gasteiger partial charge in [-0.05, 0) is 25.3 Å². The Bertz CT molecular complexity index is 524. The van der Waals surface area contributed by atoms with E-state index in [1.165, 1.54) is 5.56 Å². The minimum absolute atomic E-state index is 0.140. The number of carbonyl (C=O) groups is 1. The highest BCUT2D eigenvalue weighted by molar-refractivity contribution is 14.1. The molecule has 22 heavy (non-hydrogen) atoms. The molecule has 4 heteroatoms. The third kappa shape index (κ3) is 3.26. The Labute approximate surface area is 147 Å². The van der Waals surface area contributed by atoms with Crippen LogP contribution in [-0.4, -0.2) is 19.6 Å². The Hall–Kier alpha value is -0.780. The van der Waals surface area contributed by atoms with E-state index in [0.29, 0.717) is 5.91 Å². The van der Waals surface area contributed by atoms with E-state index in [4.69, 9.17) is 4.74 Å². The maximum Gasteiger partial charge on any atom is 0.233 e. The second-order valence-corrected chi connectivity index (χ2v) is 6.88. The largest absolute Gasteiger partial charge is 0.496 e. The number of carbonyl (C=O) groups excluding carboxylic acids is 1. The Morgan fingerprint density at radius 3 is 2.50 bits per heavy atom. The second kappa shape index (κ2) is 7.66. The third-order valence-corrected chi connectivity index (χ3v) is 5.52. The van der Waals surface area contributed by atoms with Gasteiger partial charge in [-0.15, -0.1) is 0 Å². The zero-order valence-corrected chi connectivity index (χ0v) is 16.0. The van der Waals surface area contributed by atoms with Crippen molar-refractivity contribution >= 4 is 34.2 Å². The topological polar surface area (TPSA) is 29.5 Å². The molecular weight excluding hydrogens is 389 g/mol. The van der Waals surface area contributed by atoms with Crippen LogP contribution in [0.15, 0.2) is 18.2 Å². The lowest BCUT2D eigenvalue weighted by Gasteiger charge is -2.27. The van der Waals surface area contributed by atoms with Crippen LogP contribution >= 0.6 is 22.6 Å². The SMILES string of the molecule is CCCC1(CCC)CCN(c2ccc(CI)c(OC)c2)C1=O. The number of nitrogens with zero attached hydrogens (tertiary/aromatic N) is 1. The highest BCUT2D eigenvalue weighted by Crippen LogP contribution is 2.43. The summed E-state index contributed by atoms with van der Waals surface area (Å²) in [5.74, 6) is 1.18. The summed E-state index contributed by atoms with van der Waals surface area (Å²) in [6, 6.07) is 6.15. The van der Waals surface area contributed by atoms with Crippen LogP contribution in [0.25, 0.3) is 0 Å². The fraction of sp³-hybridized carbons (Fsp3) is 0.611. The lowest BCUT2D eigenvalue weighted by molar-refractivity contribution is -0.126. The molecule has 122 valence electrons. The highest BCUT2D eigenvalue weighted by Gasteiger charge is 2.45. The predicted octanol–water partition coefficient (Wildman–Crippen LogP) is 4.95. The number of methoxy groups -OCH3 is 1. The van der Waals surface area contributed by atoms with Gasteiger partial charge in [0.2, 0.25) is 5.91 Å². The number of anilines is 1. The molecule has 0 aliphatic carbocycles. The summed E-state index contributed by atoms with van der Waals surface area (Å²) in [6.45, 7) is 5.17. The van der Waals surface area contributed by atoms with Crippen LogP contribution in [-0.2, 0) is 9.22 Å². The van der Waals surface area contributed by atoms with Crippen molar-refractivity contribution < 1.29 is 9.53 Å². The standard InChI is InChI=1S/C18H26INO2/c1-4-8-18(9-5-2)10-11-20(17(18)21)15-7-6-14(13-19)16(12-15)22-3/h6-7,12H,4-5,8-11,13H2,1-3H3. The van der Waals surface area contributed by atoms with Crippen molar-refractivity contribution in [2.45, 2.75) is 50.4 Å². The van der Waals surface area contributed by atoms with Crippen molar-refractivity contribution in [3.05, 3.63) is 23.8 Å². The summed E-state index contributed by atoms with van der Waals surface area (Å²) >= 11 is 2.33. The van der Waals surface area contributed by atoms with Crippen LogP contribution in [0.1, 0.15) is 51.5 Å².